The zero-order valence-electron chi connectivity index (χ0n) is 10.5. The smallest absolute Gasteiger partial charge is 0.123 e. The topological polar surface area (TPSA) is 32.6 Å². The van der Waals surface area contributed by atoms with Gasteiger partial charge in [-0.3, -0.25) is 0 Å². The van der Waals surface area contributed by atoms with Gasteiger partial charge in [0.15, 0.2) is 0 Å². The zero-order valence-corrected chi connectivity index (χ0v) is 10.5. The highest BCUT2D eigenvalue weighted by atomic mass is 19.1. The molecular weight excluding hydrogens is 217 g/mol. The monoisotopic (exact) mass is 237 g/mol. The van der Waals surface area contributed by atoms with Crippen LogP contribution in [0.4, 0.5) is 4.39 Å². The summed E-state index contributed by atoms with van der Waals surface area (Å²) >= 11 is 0. The lowest BCUT2D eigenvalue weighted by Crippen LogP contribution is -2.16. The van der Waals surface area contributed by atoms with Crippen molar-refractivity contribution in [2.45, 2.75) is 39.5 Å². The van der Waals surface area contributed by atoms with Crippen LogP contribution in [0.25, 0.3) is 0 Å². The van der Waals surface area contributed by atoms with Crippen LogP contribution in [-0.2, 0) is 0 Å². The molecule has 1 rings (SSSR count). The van der Waals surface area contributed by atoms with E-state index in [2.05, 4.69) is 19.0 Å². The van der Waals surface area contributed by atoms with E-state index in [1.807, 2.05) is 0 Å². The third-order valence-electron chi connectivity index (χ3n) is 2.91. The van der Waals surface area contributed by atoms with Gasteiger partial charge in [0.05, 0.1) is 5.71 Å². The van der Waals surface area contributed by atoms with Crippen molar-refractivity contribution in [3.8, 4) is 0 Å². The van der Waals surface area contributed by atoms with Crippen molar-refractivity contribution in [2.24, 2.45) is 11.1 Å². The molecule has 0 heterocycles. The number of nitrogens with zero attached hydrogens (tertiary/aromatic N) is 1. The van der Waals surface area contributed by atoms with Gasteiger partial charge >= 0.3 is 0 Å². The second kappa shape index (κ2) is 7.05. The van der Waals surface area contributed by atoms with E-state index < -0.39 is 0 Å². The Morgan fingerprint density at radius 1 is 1.18 bits per heavy atom. The normalized spacial score (nSPS) is 12.1. The molecule has 1 N–H and O–H groups in total. The van der Waals surface area contributed by atoms with Gasteiger partial charge in [-0.1, -0.05) is 44.0 Å². The minimum Gasteiger partial charge on any atom is -0.411 e. The van der Waals surface area contributed by atoms with E-state index in [0.717, 1.165) is 31.2 Å². The van der Waals surface area contributed by atoms with E-state index >= 15 is 0 Å². The molecule has 0 atom stereocenters. The summed E-state index contributed by atoms with van der Waals surface area (Å²) in [5.74, 6) is -0.0194. The molecule has 2 nitrogen and oxygen atoms in total. The van der Waals surface area contributed by atoms with Crippen LogP contribution in [0, 0.1) is 11.7 Å². The molecule has 0 radical (unpaired) electrons. The molecule has 0 saturated carbocycles. The minimum atomic E-state index is -0.270. The molecule has 0 aromatic heterocycles. The first-order valence-electron chi connectivity index (χ1n) is 6.20. The van der Waals surface area contributed by atoms with E-state index in [1.54, 1.807) is 12.1 Å². The number of oxime groups is 1. The lowest BCUT2D eigenvalue weighted by Gasteiger charge is -2.16. The zero-order chi connectivity index (χ0) is 12.7. The third-order valence-corrected chi connectivity index (χ3v) is 2.91. The van der Waals surface area contributed by atoms with Gasteiger partial charge in [-0.2, -0.15) is 0 Å². The molecule has 0 spiro atoms. The fourth-order valence-corrected chi connectivity index (χ4v) is 2.11. The molecule has 0 bridgehead atoms. The van der Waals surface area contributed by atoms with Crippen molar-refractivity contribution >= 4 is 5.71 Å². The maximum atomic E-state index is 12.8. The van der Waals surface area contributed by atoms with E-state index in [1.165, 1.54) is 12.1 Å². The number of benzene rings is 1. The van der Waals surface area contributed by atoms with E-state index in [4.69, 9.17) is 5.21 Å². The van der Waals surface area contributed by atoms with Crippen LogP contribution in [0.3, 0.4) is 0 Å². The molecule has 1 aromatic rings. The summed E-state index contributed by atoms with van der Waals surface area (Å²) < 4.78 is 12.8. The van der Waals surface area contributed by atoms with E-state index in [0.29, 0.717) is 5.71 Å². The van der Waals surface area contributed by atoms with Crippen LogP contribution < -0.4 is 0 Å². The van der Waals surface area contributed by atoms with Crippen molar-refractivity contribution in [3.63, 3.8) is 0 Å². The Morgan fingerprint density at radius 3 is 2.12 bits per heavy atom. The summed E-state index contributed by atoms with van der Waals surface area (Å²) in [5.41, 5.74) is 1.48. The summed E-state index contributed by atoms with van der Waals surface area (Å²) in [6.07, 6.45) is 4.07. The number of hydrogen-bond donors (Lipinski definition) is 1. The second-order valence-electron chi connectivity index (χ2n) is 4.27. The SMILES string of the molecule is CCCC(CCC)/C(=N/O)c1ccc(F)cc1. The van der Waals surface area contributed by atoms with Gasteiger partial charge < -0.3 is 5.21 Å². The maximum Gasteiger partial charge on any atom is 0.123 e. The summed E-state index contributed by atoms with van der Waals surface area (Å²) in [7, 11) is 0. The Labute approximate surface area is 102 Å². The molecule has 3 heteroatoms. The lowest BCUT2D eigenvalue weighted by atomic mass is 9.89. The Kier molecular flexibility index (Phi) is 5.67. The van der Waals surface area contributed by atoms with Crippen LogP contribution in [0.1, 0.15) is 45.1 Å². The minimum absolute atomic E-state index is 0.250. The summed E-state index contributed by atoms with van der Waals surface area (Å²) in [6, 6.07) is 6.14. The standard InChI is InChI=1S/C14H20FNO/c1-3-5-11(6-4-2)14(16-17)12-7-9-13(15)10-8-12/h7-11,17H,3-6H2,1-2H3/b16-14-. The molecule has 94 valence electrons. The number of halogens is 1. The van der Waals surface area contributed by atoms with Crippen LogP contribution >= 0.6 is 0 Å². The molecule has 0 aliphatic carbocycles. The first-order valence-corrected chi connectivity index (χ1v) is 6.20. The van der Waals surface area contributed by atoms with Crippen molar-refractivity contribution in [1.29, 1.82) is 0 Å². The first-order chi connectivity index (χ1) is 8.22. The van der Waals surface area contributed by atoms with Gasteiger partial charge in [-0.25, -0.2) is 4.39 Å². The first kappa shape index (κ1) is 13.7. The van der Waals surface area contributed by atoms with Crippen LogP contribution in [0.5, 0.6) is 0 Å². The summed E-state index contributed by atoms with van der Waals surface area (Å²) in [6.45, 7) is 4.23. The molecule has 0 unspecified atom stereocenters. The van der Waals surface area contributed by atoms with Crippen LogP contribution in [0.2, 0.25) is 0 Å². The third kappa shape index (κ3) is 3.84. The van der Waals surface area contributed by atoms with Crippen molar-refractivity contribution in [3.05, 3.63) is 35.6 Å². The van der Waals surface area contributed by atoms with Gasteiger partial charge in [0.1, 0.15) is 5.82 Å². The quantitative estimate of drug-likeness (QED) is 0.448. The van der Waals surface area contributed by atoms with Crippen molar-refractivity contribution in [1.82, 2.24) is 0 Å². The fourth-order valence-electron chi connectivity index (χ4n) is 2.11. The van der Waals surface area contributed by atoms with Gasteiger partial charge in [-0.05, 0) is 30.5 Å². The van der Waals surface area contributed by atoms with Gasteiger partial charge in [0.25, 0.3) is 0 Å². The second-order valence-corrected chi connectivity index (χ2v) is 4.27. The Morgan fingerprint density at radius 2 is 1.71 bits per heavy atom. The number of hydrogen-bond acceptors (Lipinski definition) is 2. The molecule has 0 amide bonds. The average Bonchev–Trinajstić information content (AvgIpc) is 2.33. The van der Waals surface area contributed by atoms with Crippen LogP contribution in [0.15, 0.2) is 29.4 Å². The van der Waals surface area contributed by atoms with E-state index in [9.17, 15) is 4.39 Å². The lowest BCUT2D eigenvalue weighted by molar-refractivity contribution is 0.313. The average molecular weight is 237 g/mol. The van der Waals surface area contributed by atoms with Gasteiger partial charge in [-0.15, -0.1) is 0 Å². The molecule has 17 heavy (non-hydrogen) atoms. The van der Waals surface area contributed by atoms with Gasteiger partial charge in [0, 0.05) is 5.92 Å². The maximum absolute atomic E-state index is 12.8. The predicted octanol–water partition coefficient (Wildman–Crippen LogP) is 4.22. The van der Waals surface area contributed by atoms with Crippen molar-refractivity contribution < 1.29 is 9.60 Å². The molecule has 0 saturated heterocycles. The highest BCUT2D eigenvalue weighted by Crippen LogP contribution is 2.20. The molecule has 0 aliphatic rings. The molecular formula is C14H20FNO. The van der Waals surface area contributed by atoms with Crippen LogP contribution in [-0.4, -0.2) is 10.9 Å². The predicted molar refractivity (Wildman–Crippen MR) is 68.0 cm³/mol. The summed E-state index contributed by atoms with van der Waals surface area (Å²) in [4.78, 5) is 0. The number of rotatable bonds is 6. The van der Waals surface area contributed by atoms with E-state index in [-0.39, 0.29) is 11.7 Å². The Balaban J connectivity index is 2.92. The highest BCUT2D eigenvalue weighted by molar-refractivity contribution is 6.01. The molecule has 1 aromatic carbocycles. The Bertz CT molecular complexity index is 353. The molecule has 0 aliphatic heterocycles. The largest absolute Gasteiger partial charge is 0.411 e. The Hall–Kier alpha value is -1.38. The summed E-state index contributed by atoms with van der Waals surface area (Å²) in [5, 5.41) is 12.6. The van der Waals surface area contributed by atoms with Gasteiger partial charge in [0.2, 0.25) is 0 Å². The molecule has 0 fully saturated rings. The van der Waals surface area contributed by atoms with Crippen molar-refractivity contribution in [2.75, 3.05) is 0 Å². The highest BCUT2D eigenvalue weighted by Gasteiger charge is 2.17. The fraction of sp³-hybridized carbons (Fsp3) is 0.500.